The Bertz CT molecular complexity index is 664. The number of ether oxygens (including phenoxy) is 1. The minimum Gasteiger partial charge on any atom is -0.450 e. The van der Waals surface area contributed by atoms with Gasteiger partial charge in [-0.15, -0.1) is 24.0 Å². The molecule has 0 unspecified atom stereocenters. The number of likely N-dealkylation sites (tertiary alicyclic amines) is 1. The number of benzene rings is 1. The predicted molar refractivity (Wildman–Crippen MR) is 129 cm³/mol. The van der Waals surface area contributed by atoms with Gasteiger partial charge in [-0.3, -0.25) is 9.79 Å². The standard InChI is InChI=1S/C21H33N5O3.HI/c1-3-22-20(25-18-11-14-26(15-12-18)21(28)29-4-2)23-13-10-19(27)24-16-17-8-6-5-7-9-17;/h5-9,18H,3-4,10-16H2,1-2H3,(H,24,27)(H2,22,23,25);1H. The second-order valence-corrected chi connectivity index (χ2v) is 6.88. The number of carbonyl (C=O) groups excluding carboxylic acids is 2. The molecule has 1 heterocycles. The fourth-order valence-electron chi connectivity index (χ4n) is 3.09. The van der Waals surface area contributed by atoms with Crippen LogP contribution in [-0.4, -0.2) is 61.7 Å². The van der Waals surface area contributed by atoms with Crippen LogP contribution < -0.4 is 16.0 Å². The third kappa shape index (κ3) is 9.64. The monoisotopic (exact) mass is 531 g/mol. The van der Waals surface area contributed by atoms with Crippen LogP contribution in [0.5, 0.6) is 0 Å². The maximum atomic E-state index is 12.0. The highest BCUT2D eigenvalue weighted by molar-refractivity contribution is 14.0. The van der Waals surface area contributed by atoms with Crippen LogP contribution in [0.3, 0.4) is 0 Å². The van der Waals surface area contributed by atoms with Crippen LogP contribution in [0.2, 0.25) is 0 Å². The number of hydrogen-bond donors (Lipinski definition) is 3. The van der Waals surface area contributed by atoms with Crippen molar-refractivity contribution in [1.29, 1.82) is 0 Å². The molecule has 30 heavy (non-hydrogen) atoms. The minimum absolute atomic E-state index is 0. The van der Waals surface area contributed by atoms with E-state index in [2.05, 4.69) is 20.9 Å². The van der Waals surface area contributed by atoms with E-state index in [0.29, 0.717) is 45.2 Å². The van der Waals surface area contributed by atoms with E-state index >= 15 is 0 Å². The third-order valence-electron chi connectivity index (χ3n) is 4.65. The molecule has 0 aromatic heterocycles. The van der Waals surface area contributed by atoms with E-state index < -0.39 is 0 Å². The lowest BCUT2D eigenvalue weighted by Crippen LogP contribution is -2.50. The molecule has 1 fully saturated rings. The summed E-state index contributed by atoms with van der Waals surface area (Å²) in [5.74, 6) is 0.689. The maximum Gasteiger partial charge on any atom is 0.409 e. The molecule has 1 aromatic carbocycles. The van der Waals surface area contributed by atoms with Crippen molar-refractivity contribution in [3.8, 4) is 0 Å². The molecule has 8 nitrogen and oxygen atoms in total. The molecule has 2 amide bonds. The lowest BCUT2D eigenvalue weighted by Gasteiger charge is -2.32. The molecule has 0 radical (unpaired) electrons. The van der Waals surface area contributed by atoms with Crippen molar-refractivity contribution in [2.24, 2.45) is 4.99 Å². The number of rotatable bonds is 8. The summed E-state index contributed by atoms with van der Waals surface area (Å²) < 4.78 is 5.05. The highest BCUT2D eigenvalue weighted by Crippen LogP contribution is 2.11. The van der Waals surface area contributed by atoms with Gasteiger partial charge in [0.2, 0.25) is 5.91 Å². The minimum atomic E-state index is -0.243. The zero-order valence-corrected chi connectivity index (χ0v) is 20.2. The molecule has 0 bridgehead atoms. The van der Waals surface area contributed by atoms with E-state index in [1.807, 2.05) is 44.2 Å². The number of carbonyl (C=O) groups is 2. The first kappa shape index (κ1) is 26.0. The van der Waals surface area contributed by atoms with Crippen molar-refractivity contribution < 1.29 is 14.3 Å². The summed E-state index contributed by atoms with van der Waals surface area (Å²) in [4.78, 5) is 30.1. The highest BCUT2D eigenvalue weighted by Gasteiger charge is 2.24. The molecule has 168 valence electrons. The smallest absolute Gasteiger partial charge is 0.409 e. The molecular formula is C21H34IN5O3. The topological polar surface area (TPSA) is 95.1 Å². The second-order valence-electron chi connectivity index (χ2n) is 6.88. The van der Waals surface area contributed by atoms with Crippen molar-refractivity contribution in [2.75, 3.05) is 32.8 Å². The molecule has 3 N–H and O–H groups in total. The molecule has 1 aliphatic rings. The number of piperidine rings is 1. The summed E-state index contributed by atoms with van der Waals surface area (Å²) in [7, 11) is 0. The van der Waals surface area contributed by atoms with Gasteiger partial charge in [0.1, 0.15) is 0 Å². The Morgan fingerprint density at radius 3 is 2.47 bits per heavy atom. The molecule has 2 rings (SSSR count). The summed E-state index contributed by atoms with van der Waals surface area (Å²) in [5, 5.41) is 9.54. The summed E-state index contributed by atoms with van der Waals surface area (Å²) in [6, 6.07) is 10.1. The predicted octanol–water partition coefficient (Wildman–Crippen LogP) is 2.49. The zero-order valence-electron chi connectivity index (χ0n) is 17.9. The van der Waals surface area contributed by atoms with Gasteiger partial charge in [0.05, 0.1) is 13.2 Å². The Morgan fingerprint density at radius 1 is 1.13 bits per heavy atom. The normalized spacial score (nSPS) is 14.5. The Morgan fingerprint density at radius 2 is 1.83 bits per heavy atom. The van der Waals surface area contributed by atoms with E-state index in [9.17, 15) is 9.59 Å². The highest BCUT2D eigenvalue weighted by atomic mass is 127. The average molecular weight is 531 g/mol. The SMILES string of the molecule is CCNC(=NCCC(=O)NCc1ccccc1)NC1CCN(C(=O)OCC)CC1.I. The quantitative estimate of drug-likeness (QED) is 0.272. The Labute approximate surface area is 196 Å². The first-order valence-electron chi connectivity index (χ1n) is 10.4. The Kier molecular flexibility index (Phi) is 12.9. The van der Waals surface area contributed by atoms with Gasteiger partial charge in [-0.05, 0) is 32.3 Å². The van der Waals surface area contributed by atoms with Gasteiger partial charge in [-0.2, -0.15) is 0 Å². The number of aliphatic imine (C=N–C) groups is 1. The van der Waals surface area contributed by atoms with Crippen molar-refractivity contribution >= 4 is 41.9 Å². The Balaban J connectivity index is 0.00000450. The van der Waals surface area contributed by atoms with E-state index in [0.717, 1.165) is 24.9 Å². The first-order chi connectivity index (χ1) is 14.1. The fraction of sp³-hybridized carbons (Fsp3) is 0.571. The summed E-state index contributed by atoms with van der Waals surface area (Å²) >= 11 is 0. The number of nitrogens with zero attached hydrogens (tertiary/aromatic N) is 2. The second kappa shape index (κ2) is 14.9. The van der Waals surface area contributed by atoms with Crippen molar-refractivity contribution in [3.05, 3.63) is 35.9 Å². The lowest BCUT2D eigenvalue weighted by molar-refractivity contribution is -0.121. The van der Waals surface area contributed by atoms with Gasteiger partial charge in [0.25, 0.3) is 0 Å². The molecule has 1 aromatic rings. The fourth-order valence-corrected chi connectivity index (χ4v) is 3.09. The number of guanidine groups is 1. The molecule has 0 aliphatic carbocycles. The van der Waals surface area contributed by atoms with Crippen LogP contribution in [0, 0.1) is 0 Å². The molecule has 0 atom stereocenters. The molecule has 1 aliphatic heterocycles. The molecular weight excluding hydrogens is 497 g/mol. The number of hydrogen-bond acceptors (Lipinski definition) is 4. The van der Waals surface area contributed by atoms with E-state index in [1.165, 1.54) is 0 Å². The van der Waals surface area contributed by atoms with E-state index in [4.69, 9.17) is 4.74 Å². The van der Waals surface area contributed by atoms with Crippen LogP contribution in [-0.2, 0) is 16.1 Å². The largest absolute Gasteiger partial charge is 0.450 e. The van der Waals surface area contributed by atoms with Crippen LogP contribution in [0.25, 0.3) is 0 Å². The van der Waals surface area contributed by atoms with Crippen LogP contribution in [0.4, 0.5) is 4.79 Å². The zero-order chi connectivity index (χ0) is 20.9. The van der Waals surface area contributed by atoms with Crippen LogP contribution in [0.1, 0.15) is 38.7 Å². The average Bonchev–Trinajstić information content (AvgIpc) is 2.74. The Hall–Kier alpha value is -2.04. The van der Waals surface area contributed by atoms with Crippen molar-refractivity contribution in [3.63, 3.8) is 0 Å². The van der Waals surface area contributed by atoms with Crippen LogP contribution >= 0.6 is 24.0 Å². The van der Waals surface area contributed by atoms with Gasteiger partial charge in [-0.1, -0.05) is 30.3 Å². The van der Waals surface area contributed by atoms with Gasteiger partial charge < -0.3 is 25.6 Å². The van der Waals surface area contributed by atoms with E-state index in [-0.39, 0.29) is 42.0 Å². The molecule has 9 heteroatoms. The van der Waals surface area contributed by atoms with Crippen molar-refractivity contribution in [1.82, 2.24) is 20.9 Å². The van der Waals surface area contributed by atoms with Crippen molar-refractivity contribution in [2.45, 2.75) is 45.7 Å². The van der Waals surface area contributed by atoms with Gasteiger partial charge >= 0.3 is 6.09 Å². The van der Waals surface area contributed by atoms with Gasteiger partial charge in [0.15, 0.2) is 5.96 Å². The number of nitrogens with one attached hydrogen (secondary N) is 3. The number of amides is 2. The lowest BCUT2D eigenvalue weighted by atomic mass is 10.1. The summed E-state index contributed by atoms with van der Waals surface area (Å²) in [5.41, 5.74) is 1.08. The summed E-state index contributed by atoms with van der Waals surface area (Å²) in [6.07, 6.45) is 1.76. The van der Waals surface area contributed by atoms with Gasteiger partial charge in [-0.25, -0.2) is 4.79 Å². The molecule has 0 spiro atoms. The maximum absolute atomic E-state index is 12.0. The van der Waals surface area contributed by atoms with E-state index in [1.54, 1.807) is 4.90 Å². The van der Waals surface area contributed by atoms with Gasteiger partial charge in [0, 0.05) is 38.6 Å². The third-order valence-corrected chi connectivity index (χ3v) is 4.65. The number of halogens is 1. The first-order valence-corrected chi connectivity index (χ1v) is 10.4. The molecule has 1 saturated heterocycles. The molecule has 0 saturated carbocycles. The summed E-state index contributed by atoms with van der Waals surface area (Å²) in [6.45, 7) is 7.23. The van der Waals surface area contributed by atoms with Crippen LogP contribution in [0.15, 0.2) is 35.3 Å².